The van der Waals surface area contributed by atoms with Crippen molar-refractivity contribution in [3.05, 3.63) is 47.5 Å². The fraction of sp³-hybridized carbons (Fsp3) is 0.316. The van der Waals surface area contributed by atoms with E-state index in [1.165, 1.54) is 4.31 Å². The summed E-state index contributed by atoms with van der Waals surface area (Å²) in [6.45, 7) is 2.57. The molecule has 1 amide bonds. The molecule has 2 aromatic carbocycles. The van der Waals surface area contributed by atoms with Crippen LogP contribution in [0.5, 0.6) is 0 Å². The van der Waals surface area contributed by atoms with Crippen LogP contribution in [-0.2, 0) is 14.8 Å². The normalized spacial score (nSPS) is 18.7. The quantitative estimate of drug-likeness (QED) is 0.769. The van der Waals surface area contributed by atoms with Gasteiger partial charge in [-0.3, -0.25) is 9.10 Å². The summed E-state index contributed by atoms with van der Waals surface area (Å²) >= 11 is 6.16. The standard InChI is InChI=1S/C19H20ClN3O3S/c1-21-8-10-22(11-9-21)19(24)13-23-17-7-6-14(20)12-16(17)15-4-2-3-5-18(15)27(23,25)26/h2-7,12H,8-11,13H2,1H3. The molecule has 0 aliphatic carbocycles. The Labute approximate surface area is 164 Å². The smallest absolute Gasteiger partial charge is 0.265 e. The molecule has 8 heteroatoms. The zero-order chi connectivity index (χ0) is 19.2. The Morgan fingerprint density at radius 3 is 2.48 bits per heavy atom. The third kappa shape index (κ3) is 3.20. The Kier molecular flexibility index (Phi) is 4.61. The molecule has 4 rings (SSSR count). The van der Waals surface area contributed by atoms with E-state index in [1.807, 2.05) is 7.05 Å². The van der Waals surface area contributed by atoms with Crippen LogP contribution in [0.1, 0.15) is 0 Å². The van der Waals surface area contributed by atoms with Gasteiger partial charge < -0.3 is 9.80 Å². The minimum Gasteiger partial charge on any atom is -0.339 e. The highest BCUT2D eigenvalue weighted by Gasteiger charge is 2.37. The van der Waals surface area contributed by atoms with Crippen molar-refractivity contribution >= 4 is 33.2 Å². The fourth-order valence-electron chi connectivity index (χ4n) is 3.55. The van der Waals surface area contributed by atoms with Crippen molar-refractivity contribution in [2.24, 2.45) is 0 Å². The molecular formula is C19H20ClN3O3S. The van der Waals surface area contributed by atoms with Gasteiger partial charge in [0, 0.05) is 42.3 Å². The summed E-state index contributed by atoms with van der Waals surface area (Å²) < 4.78 is 27.7. The van der Waals surface area contributed by atoms with Crippen molar-refractivity contribution in [2.75, 3.05) is 44.1 Å². The number of amides is 1. The van der Waals surface area contributed by atoms with E-state index in [0.717, 1.165) is 18.7 Å². The number of anilines is 1. The molecule has 2 aliphatic heterocycles. The summed E-state index contributed by atoms with van der Waals surface area (Å²) in [6, 6.07) is 11.9. The first kappa shape index (κ1) is 18.3. The number of hydrogen-bond donors (Lipinski definition) is 0. The minimum absolute atomic E-state index is 0.188. The number of benzene rings is 2. The number of sulfonamides is 1. The summed E-state index contributed by atoms with van der Waals surface area (Å²) in [5.74, 6) is -0.188. The maximum atomic E-state index is 13.2. The van der Waals surface area contributed by atoms with Gasteiger partial charge >= 0.3 is 0 Å². The van der Waals surface area contributed by atoms with E-state index in [-0.39, 0.29) is 17.3 Å². The zero-order valence-electron chi connectivity index (χ0n) is 14.9. The van der Waals surface area contributed by atoms with Gasteiger partial charge in [0.25, 0.3) is 10.0 Å². The molecule has 0 saturated carbocycles. The minimum atomic E-state index is -3.82. The third-order valence-corrected chi connectivity index (χ3v) is 7.16. The molecule has 0 bridgehead atoms. The van der Waals surface area contributed by atoms with Gasteiger partial charge in [0.1, 0.15) is 6.54 Å². The highest BCUT2D eigenvalue weighted by Crippen LogP contribution is 2.43. The second-order valence-corrected chi connectivity index (χ2v) is 9.12. The van der Waals surface area contributed by atoms with Crippen molar-refractivity contribution in [1.82, 2.24) is 9.80 Å². The Balaban J connectivity index is 1.74. The molecule has 1 fully saturated rings. The molecule has 27 heavy (non-hydrogen) atoms. The molecule has 0 spiro atoms. The van der Waals surface area contributed by atoms with E-state index in [1.54, 1.807) is 47.4 Å². The van der Waals surface area contributed by atoms with Crippen LogP contribution in [0.3, 0.4) is 0 Å². The van der Waals surface area contributed by atoms with Crippen LogP contribution in [0.25, 0.3) is 11.1 Å². The lowest BCUT2D eigenvalue weighted by atomic mass is 10.0. The molecule has 2 heterocycles. The molecule has 0 radical (unpaired) electrons. The van der Waals surface area contributed by atoms with Crippen molar-refractivity contribution in [2.45, 2.75) is 4.90 Å². The van der Waals surface area contributed by atoms with Crippen molar-refractivity contribution < 1.29 is 13.2 Å². The zero-order valence-corrected chi connectivity index (χ0v) is 16.5. The van der Waals surface area contributed by atoms with Crippen molar-refractivity contribution in [1.29, 1.82) is 0 Å². The summed E-state index contributed by atoms with van der Waals surface area (Å²) in [5.41, 5.74) is 1.82. The lowest BCUT2D eigenvalue weighted by Gasteiger charge is -2.36. The van der Waals surface area contributed by atoms with Crippen LogP contribution in [0.4, 0.5) is 5.69 Å². The van der Waals surface area contributed by atoms with Gasteiger partial charge in [-0.2, -0.15) is 0 Å². The average Bonchev–Trinajstić information content (AvgIpc) is 2.66. The first-order chi connectivity index (χ1) is 12.9. The first-order valence-electron chi connectivity index (χ1n) is 8.76. The molecule has 0 atom stereocenters. The number of hydrogen-bond acceptors (Lipinski definition) is 4. The SMILES string of the molecule is CN1CCN(C(=O)CN2c3ccc(Cl)cc3-c3ccccc3S2(=O)=O)CC1. The van der Waals surface area contributed by atoms with Gasteiger partial charge in [-0.1, -0.05) is 29.8 Å². The van der Waals surface area contributed by atoms with Crippen LogP contribution < -0.4 is 4.31 Å². The van der Waals surface area contributed by atoms with Crippen molar-refractivity contribution in [3.8, 4) is 11.1 Å². The van der Waals surface area contributed by atoms with Gasteiger partial charge in [0.15, 0.2) is 0 Å². The predicted octanol–water partition coefficient (Wildman–Crippen LogP) is 2.29. The van der Waals surface area contributed by atoms with Crippen LogP contribution in [-0.4, -0.2) is 63.9 Å². The van der Waals surface area contributed by atoms with Crippen LogP contribution in [0.2, 0.25) is 5.02 Å². The van der Waals surface area contributed by atoms with E-state index >= 15 is 0 Å². The Morgan fingerprint density at radius 1 is 1.04 bits per heavy atom. The first-order valence-corrected chi connectivity index (χ1v) is 10.6. The average molecular weight is 406 g/mol. The molecular weight excluding hydrogens is 386 g/mol. The number of halogens is 1. The number of carbonyl (C=O) groups excluding carboxylic acids is 1. The van der Waals surface area contributed by atoms with E-state index in [2.05, 4.69) is 4.90 Å². The van der Waals surface area contributed by atoms with Gasteiger partial charge in [0.2, 0.25) is 5.91 Å². The fourth-order valence-corrected chi connectivity index (χ4v) is 5.37. The van der Waals surface area contributed by atoms with Crippen LogP contribution >= 0.6 is 11.6 Å². The molecule has 6 nitrogen and oxygen atoms in total. The van der Waals surface area contributed by atoms with E-state index in [4.69, 9.17) is 11.6 Å². The lowest BCUT2D eigenvalue weighted by Crippen LogP contribution is -2.51. The summed E-state index contributed by atoms with van der Waals surface area (Å²) in [6.07, 6.45) is 0. The number of piperazine rings is 1. The highest BCUT2D eigenvalue weighted by atomic mass is 35.5. The van der Waals surface area contributed by atoms with Gasteiger partial charge in [-0.25, -0.2) is 8.42 Å². The van der Waals surface area contributed by atoms with Crippen LogP contribution in [0.15, 0.2) is 47.4 Å². The van der Waals surface area contributed by atoms with E-state index in [9.17, 15) is 13.2 Å². The third-order valence-electron chi connectivity index (χ3n) is 5.11. The number of likely N-dealkylation sites (N-methyl/N-ethyl adjacent to an activating group) is 1. The molecule has 2 aliphatic rings. The molecule has 1 saturated heterocycles. The summed E-state index contributed by atoms with van der Waals surface area (Å²) in [4.78, 5) is 16.9. The maximum absolute atomic E-state index is 13.2. The number of carbonyl (C=O) groups is 1. The number of fused-ring (bicyclic) bond motifs is 3. The van der Waals surface area contributed by atoms with Gasteiger partial charge in [-0.05, 0) is 31.3 Å². The summed E-state index contributed by atoms with van der Waals surface area (Å²) in [7, 11) is -1.81. The Hall–Kier alpha value is -2.09. The largest absolute Gasteiger partial charge is 0.339 e. The molecule has 142 valence electrons. The van der Waals surface area contributed by atoms with Gasteiger partial charge in [0.05, 0.1) is 10.6 Å². The molecule has 0 unspecified atom stereocenters. The highest BCUT2D eigenvalue weighted by molar-refractivity contribution is 7.93. The lowest BCUT2D eigenvalue weighted by molar-refractivity contribution is -0.131. The second kappa shape index (κ2) is 6.82. The second-order valence-electron chi connectivity index (χ2n) is 6.85. The van der Waals surface area contributed by atoms with E-state index in [0.29, 0.717) is 29.4 Å². The molecule has 0 N–H and O–H groups in total. The van der Waals surface area contributed by atoms with Crippen LogP contribution in [0, 0.1) is 0 Å². The van der Waals surface area contributed by atoms with Crippen molar-refractivity contribution in [3.63, 3.8) is 0 Å². The molecule has 0 aromatic heterocycles. The predicted molar refractivity (Wildman–Crippen MR) is 105 cm³/mol. The molecule has 2 aromatic rings. The number of rotatable bonds is 2. The monoisotopic (exact) mass is 405 g/mol. The van der Waals surface area contributed by atoms with E-state index < -0.39 is 10.0 Å². The topological polar surface area (TPSA) is 60.9 Å². The maximum Gasteiger partial charge on any atom is 0.265 e. The Bertz CT molecular complexity index is 1000. The van der Waals surface area contributed by atoms with Gasteiger partial charge in [-0.15, -0.1) is 0 Å². The summed E-state index contributed by atoms with van der Waals surface area (Å²) in [5, 5.41) is 0.521. The number of nitrogens with zero attached hydrogens (tertiary/aromatic N) is 3. The Morgan fingerprint density at radius 2 is 1.74 bits per heavy atom.